The molecule has 100 valence electrons. The summed E-state index contributed by atoms with van der Waals surface area (Å²) >= 11 is 1.67. The van der Waals surface area contributed by atoms with Crippen molar-refractivity contribution in [3.05, 3.63) is 52.0 Å². The Labute approximate surface area is 115 Å². The highest BCUT2D eigenvalue weighted by atomic mass is 32.1. The van der Waals surface area contributed by atoms with Crippen LogP contribution in [0.4, 0.5) is 10.1 Å². The van der Waals surface area contributed by atoms with Crippen LogP contribution < -0.4 is 5.73 Å². The first kappa shape index (κ1) is 13.5. The van der Waals surface area contributed by atoms with Crippen molar-refractivity contribution in [2.45, 2.75) is 6.42 Å². The zero-order chi connectivity index (χ0) is 13.8. The molecule has 3 nitrogen and oxygen atoms in total. The van der Waals surface area contributed by atoms with Crippen molar-refractivity contribution in [2.75, 3.05) is 19.3 Å². The van der Waals surface area contributed by atoms with Crippen molar-refractivity contribution < 1.29 is 9.18 Å². The number of carbonyl (C=O) groups excluding carboxylic acids is 1. The molecule has 0 radical (unpaired) electrons. The standard InChI is InChI=1S/C14H15FN2OS/c1-17(7-6-11-3-2-8-19-11)14(18)12-5-4-10(15)9-13(12)16/h2-5,8-9H,6-7,16H2,1H3. The summed E-state index contributed by atoms with van der Waals surface area (Å²) < 4.78 is 12.9. The van der Waals surface area contributed by atoms with E-state index in [4.69, 9.17) is 5.73 Å². The molecule has 0 bridgehead atoms. The van der Waals surface area contributed by atoms with E-state index in [9.17, 15) is 9.18 Å². The number of likely N-dealkylation sites (N-methyl/N-ethyl adjacent to an activating group) is 1. The van der Waals surface area contributed by atoms with Crippen LogP contribution in [-0.2, 0) is 6.42 Å². The van der Waals surface area contributed by atoms with Gasteiger partial charge < -0.3 is 10.6 Å². The first-order valence-corrected chi connectivity index (χ1v) is 6.79. The molecular weight excluding hydrogens is 263 g/mol. The van der Waals surface area contributed by atoms with E-state index in [2.05, 4.69) is 0 Å². The number of rotatable bonds is 4. The maximum Gasteiger partial charge on any atom is 0.255 e. The smallest absolute Gasteiger partial charge is 0.255 e. The van der Waals surface area contributed by atoms with E-state index in [1.165, 1.54) is 23.1 Å². The number of benzene rings is 1. The number of nitrogens with two attached hydrogens (primary N) is 1. The summed E-state index contributed by atoms with van der Waals surface area (Å²) in [4.78, 5) is 15.0. The van der Waals surface area contributed by atoms with Gasteiger partial charge in [0.2, 0.25) is 0 Å². The highest BCUT2D eigenvalue weighted by Gasteiger charge is 2.15. The number of hydrogen-bond donors (Lipinski definition) is 1. The first-order valence-electron chi connectivity index (χ1n) is 5.91. The summed E-state index contributed by atoms with van der Waals surface area (Å²) in [6, 6.07) is 7.86. The summed E-state index contributed by atoms with van der Waals surface area (Å²) in [7, 11) is 1.72. The number of carbonyl (C=O) groups is 1. The largest absolute Gasteiger partial charge is 0.398 e. The van der Waals surface area contributed by atoms with Crippen LogP contribution in [0.2, 0.25) is 0 Å². The molecule has 0 atom stereocenters. The Morgan fingerprint density at radius 1 is 1.42 bits per heavy atom. The van der Waals surface area contributed by atoms with Crippen LogP contribution in [0.25, 0.3) is 0 Å². The van der Waals surface area contributed by atoms with Crippen molar-refractivity contribution in [1.82, 2.24) is 4.90 Å². The predicted molar refractivity (Wildman–Crippen MR) is 75.8 cm³/mol. The van der Waals surface area contributed by atoms with Gasteiger partial charge in [-0.2, -0.15) is 0 Å². The molecule has 19 heavy (non-hydrogen) atoms. The third kappa shape index (κ3) is 3.32. The van der Waals surface area contributed by atoms with Gasteiger partial charge in [0.05, 0.1) is 5.56 Å². The molecule has 1 aromatic heterocycles. The van der Waals surface area contributed by atoms with Gasteiger partial charge in [-0.3, -0.25) is 4.79 Å². The summed E-state index contributed by atoms with van der Waals surface area (Å²) in [5, 5.41) is 2.01. The van der Waals surface area contributed by atoms with Gasteiger partial charge >= 0.3 is 0 Å². The van der Waals surface area contributed by atoms with Crippen molar-refractivity contribution in [3.8, 4) is 0 Å². The van der Waals surface area contributed by atoms with Gasteiger partial charge in [0.25, 0.3) is 5.91 Å². The van der Waals surface area contributed by atoms with E-state index in [1.54, 1.807) is 23.3 Å². The zero-order valence-electron chi connectivity index (χ0n) is 10.6. The van der Waals surface area contributed by atoms with Crippen LogP contribution >= 0.6 is 11.3 Å². The average Bonchev–Trinajstić information content (AvgIpc) is 2.88. The maximum atomic E-state index is 12.9. The molecule has 1 amide bonds. The summed E-state index contributed by atoms with van der Waals surface area (Å²) in [6.07, 6.45) is 0.807. The molecule has 0 spiro atoms. The molecule has 1 aromatic carbocycles. The highest BCUT2D eigenvalue weighted by molar-refractivity contribution is 7.09. The second kappa shape index (κ2) is 5.84. The van der Waals surface area contributed by atoms with Crippen molar-refractivity contribution in [3.63, 3.8) is 0 Å². The summed E-state index contributed by atoms with van der Waals surface area (Å²) in [6.45, 7) is 0.607. The van der Waals surface area contributed by atoms with Crippen LogP contribution in [0.5, 0.6) is 0 Å². The Hall–Kier alpha value is -1.88. The van der Waals surface area contributed by atoms with E-state index in [0.29, 0.717) is 12.1 Å². The molecule has 0 saturated heterocycles. The summed E-state index contributed by atoms with van der Waals surface area (Å²) in [5.74, 6) is -0.621. The van der Waals surface area contributed by atoms with Crippen LogP contribution in [-0.4, -0.2) is 24.4 Å². The lowest BCUT2D eigenvalue weighted by molar-refractivity contribution is 0.0798. The molecule has 2 rings (SSSR count). The second-order valence-electron chi connectivity index (χ2n) is 4.29. The van der Waals surface area contributed by atoms with Gasteiger partial charge in [0.15, 0.2) is 0 Å². The quantitative estimate of drug-likeness (QED) is 0.874. The van der Waals surface area contributed by atoms with Crippen LogP contribution in [0, 0.1) is 5.82 Å². The number of nitrogen functional groups attached to an aromatic ring is 1. The number of nitrogens with zero attached hydrogens (tertiary/aromatic N) is 1. The average molecular weight is 278 g/mol. The molecular formula is C14H15FN2OS. The fraction of sp³-hybridized carbons (Fsp3) is 0.214. The van der Waals surface area contributed by atoms with Crippen LogP contribution in [0.3, 0.4) is 0 Å². The van der Waals surface area contributed by atoms with Gasteiger partial charge in [-0.05, 0) is 36.1 Å². The SMILES string of the molecule is CN(CCc1cccs1)C(=O)c1ccc(F)cc1N. The van der Waals surface area contributed by atoms with Gasteiger partial charge in [-0.1, -0.05) is 6.07 Å². The molecule has 0 aliphatic heterocycles. The molecule has 2 N–H and O–H groups in total. The fourth-order valence-corrected chi connectivity index (χ4v) is 2.47. The second-order valence-corrected chi connectivity index (χ2v) is 5.32. The Balaban J connectivity index is 2.02. The van der Waals surface area contributed by atoms with Crippen LogP contribution in [0.1, 0.15) is 15.2 Å². The van der Waals surface area contributed by atoms with Crippen molar-refractivity contribution in [2.24, 2.45) is 0 Å². The fourth-order valence-electron chi connectivity index (χ4n) is 1.77. The van der Waals surface area contributed by atoms with Gasteiger partial charge in [-0.15, -0.1) is 11.3 Å². The van der Waals surface area contributed by atoms with Gasteiger partial charge in [0.1, 0.15) is 5.82 Å². The Bertz CT molecular complexity index is 569. The van der Waals surface area contributed by atoms with Crippen molar-refractivity contribution >= 4 is 22.9 Å². The van der Waals surface area contributed by atoms with E-state index in [-0.39, 0.29) is 11.6 Å². The zero-order valence-corrected chi connectivity index (χ0v) is 11.4. The Morgan fingerprint density at radius 2 is 2.21 bits per heavy atom. The third-order valence-corrected chi connectivity index (χ3v) is 3.80. The lowest BCUT2D eigenvalue weighted by Gasteiger charge is -2.17. The highest BCUT2D eigenvalue weighted by Crippen LogP contribution is 2.16. The van der Waals surface area contributed by atoms with Gasteiger partial charge in [0, 0.05) is 24.2 Å². The Kier molecular flexibility index (Phi) is 4.16. The molecule has 5 heteroatoms. The van der Waals surface area contributed by atoms with E-state index in [1.807, 2.05) is 17.5 Å². The predicted octanol–water partition coefficient (Wildman–Crippen LogP) is 2.78. The lowest BCUT2D eigenvalue weighted by atomic mass is 10.1. The van der Waals surface area contributed by atoms with Crippen molar-refractivity contribution in [1.29, 1.82) is 0 Å². The number of amides is 1. The minimum absolute atomic E-state index is 0.174. The topological polar surface area (TPSA) is 46.3 Å². The number of hydrogen-bond acceptors (Lipinski definition) is 3. The van der Waals surface area contributed by atoms with E-state index >= 15 is 0 Å². The molecule has 0 fully saturated rings. The maximum absolute atomic E-state index is 12.9. The van der Waals surface area contributed by atoms with Gasteiger partial charge in [-0.25, -0.2) is 4.39 Å². The lowest BCUT2D eigenvalue weighted by Crippen LogP contribution is -2.29. The number of thiophene rings is 1. The molecule has 2 aromatic rings. The molecule has 0 unspecified atom stereocenters. The first-order chi connectivity index (χ1) is 9.08. The normalized spacial score (nSPS) is 10.4. The van der Waals surface area contributed by atoms with Crippen LogP contribution in [0.15, 0.2) is 35.7 Å². The molecule has 0 aliphatic carbocycles. The summed E-state index contributed by atoms with van der Waals surface area (Å²) in [5.41, 5.74) is 6.18. The molecule has 0 aliphatic rings. The monoisotopic (exact) mass is 278 g/mol. The Morgan fingerprint density at radius 3 is 2.84 bits per heavy atom. The minimum Gasteiger partial charge on any atom is -0.398 e. The number of anilines is 1. The van der Waals surface area contributed by atoms with E-state index in [0.717, 1.165) is 6.42 Å². The number of halogens is 1. The third-order valence-electron chi connectivity index (χ3n) is 2.86. The minimum atomic E-state index is -0.435. The molecule has 0 saturated carbocycles. The molecule has 1 heterocycles. The van der Waals surface area contributed by atoms with E-state index < -0.39 is 5.82 Å².